The van der Waals surface area contributed by atoms with Crippen LogP contribution in [0.25, 0.3) is 0 Å². The molecule has 0 spiro atoms. The van der Waals surface area contributed by atoms with E-state index in [1.807, 2.05) is 6.92 Å². The monoisotopic (exact) mass is 307 g/mol. The molecule has 0 radical (unpaired) electrons. The Balaban J connectivity index is 2.15. The van der Waals surface area contributed by atoms with Crippen LogP contribution in [0.2, 0.25) is 0 Å². The standard InChI is InChI=1S/C17H25NO4/c1-3-18(10-11-19)17(20)13-8-9-15(16(12-13)21-2)22-14-6-4-5-7-14/h8-9,12,14,19H,3-7,10-11H2,1-2H3. The summed E-state index contributed by atoms with van der Waals surface area (Å²) in [5, 5.41) is 9.03. The zero-order valence-corrected chi connectivity index (χ0v) is 13.4. The van der Waals surface area contributed by atoms with E-state index in [2.05, 4.69) is 0 Å². The molecule has 1 aliphatic carbocycles. The summed E-state index contributed by atoms with van der Waals surface area (Å²) in [6.45, 7) is 2.74. The van der Waals surface area contributed by atoms with E-state index < -0.39 is 0 Å². The number of amides is 1. The highest BCUT2D eigenvalue weighted by atomic mass is 16.5. The quantitative estimate of drug-likeness (QED) is 0.840. The van der Waals surface area contributed by atoms with Gasteiger partial charge >= 0.3 is 0 Å². The van der Waals surface area contributed by atoms with Crippen molar-refractivity contribution >= 4 is 5.91 Å². The lowest BCUT2D eigenvalue weighted by Crippen LogP contribution is -2.33. The van der Waals surface area contributed by atoms with Gasteiger partial charge in [0.25, 0.3) is 5.91 Å². The van der Waals surface area contributed by atoms with Crippen LogP contribution in [0.3, 0.4) is 0 Å². The molecular weight excluding hydrogens is 282 g/mol. The average Bonchev–Trinajstić information content (AvgIpc) is 3.05. The van der Waals surface area contributed by atoms with Crippen LogP contribution >= 0.6 is 0 Å². The van der Waals surface area contributed by atoms with Gasteiger partial charge in [0.2, 0.25) is 0 Å². The highest BCUT2D eigenvalue weighted by Gasteiger charge is 2.20. The summed E-state index contributed by atoms with van der Waals surface area (Å²) in [5.41, 5.74) is 0.547. The zero-order valence-electron chi connectivity index (χ0n) is 13.4. The lowest BCUT2D eigenvalue weighted by Gasteiger charge is -2.21. The first kappa shape index (κ1) is 16.6. The van der Waals surface area contributed by atoms with Crippen LogP contribution in [0, 0.1) is 0 Å². The summed E-state index contributed by atoms with van der Waals surface area (Å²) in [6.07, 6.45) is 4.80. The summed E-state index contributed by atoms with van der Waals surface area (Å²) in [6, 6.07) is 5.28. The van der Waals surface area contributed by atoms with Crippen molar-refractivity contribution in [3.8, 4) is 11.5 Å². The van der Waals surface area contributed by atoms with Gasteiger partial charge in [0.1, 0.15) is 0 Å². The Morgan fingerprint density at radius 1 is 1.32 bits per heavy atom. The van der Waals surface area contributed by atoms with Gasteiger partial charge in [-0.25, -0.2) is 0 Å². The molecule has 0 saturated heterocycles. The van der Waals surface area contributed by atoms with Crippen LogP contribution in [0.4, 0.5) is 0 Å². The van der Waals surface area contributed by atoms with E-state index in [1.54, 1.807) is 30.2 Å². The number of benzene rings is 1. The minimum atomic E-state index is -0.109. The van der Waals surface area contributed by atoms with Gasteiger partial charge in [-0.1, -0.05) is 0 Å². The molecule has 0 aromatic heterocycles. The minimum Gasteiger partial charge on any atom is -0.493 e. The van der Waals surface area contributed by atoms with Crippen molar-refractivity contribution in [3.63, 3.8) is 0 Å². The Bertz CT molecular complexity index is 497. The molecule has 0 bridgehead atoms. The number of aliphatic hydroxyl groups is 1. The number of nitrogens with zero attached hydrogens (tertiary/aromatic N) is 1. The average molecular weight is 307 g/mol. The third-order valence-corrected chi connectivity index (χ3v) is 4.05. The molecule has 2 rings (SSSR count). The molecule has 0 aliphatic heterocycles. The molecule has 122 valence electrons. The largest absolute Gasteiger partial charge is 0.493 e. The first-order valence-electron chi connectivity index (χ1n) is 7.94. The summed E-state index contributed by atoms with van der Waals surface area (Å²) >= 11 is 0. The smallest absolute Gasteiger partial charge is 0.254 e. The summed E-state index contributed by atoms with van der Waals surface area (Å²) < 4.78 is 11.4. The summed E-state index contributed by atoms with van der Waals surface area (Å²) in [5.74, 6) is 1.16. The van der Waals surface area contributed by atoms with Crippen LogP contribution in [-0.2, 0) is 0 Å². The van der Waals surface area contributed by atoms with E-state index in [1.165, 1.54) is 12.8 Å². The molecule has 5 nitrogen and oxygen atoms in total. The number of hydrogen-bond donors (Lipinski definition) is 1. The second-order valence-corrected chi connectivity index (χ2v) is 5.50. The van der Waals surface area contributed by atoms with E-state index >= 15 is 0 Å². The molecule has 0 unspecified atom stereocenters. The van der Waals surface area contributed by atoms with Crippen molar-refractivity contribution in [3.05, 3.63) is 23.8 Å². The first-order valence-corrected chi connectivity index (χ1v) is 7.94. The number of aliphatic hydroxyl groups excluding tert-OH is 1. The van der Waals surface area contributed by atoms with Crippen molar-refractivity contribution in [1.82, 2.24) is 4.90 Å². The predicted molar refractivity (Wildman–Crippen MR) is 84.5 cm³/mol. The third kappa shape index (κ3) is 3.91. The molecule has 0 atom stereocenters. The molecule has 22 heavy (non-hydrogen) atoms. The highest BCUT2D eigenvalue weighted by Crippen LogP contribution is 2.32. The van der Waals surface area contributed by atoms with Crippen LogP contribution in [0.5, 0.6) is 11.5 Å². The van der Waals surface area contributed by atoms with Gasteiger partial charge in [-0.05, 0) is 50.8 Å². The molecule has 1 aliphatic rings. The molecule has 1 amide bonds. The van der Waals surface area contributed by atoms with Gasteiger partial charge in [0, 0.05) is 18.7 Å². The third-order valence-electron chi connectivity index (χ3n) is 4.05. The highest BCUT2D eigenvalue weighted by molar-refractivity contribution is 5.94. The van der Waals surface area contributed by atoms with Crippen LogP contribution < -0.4 is 9.47 Å². The number of methoxy groups -OCH3 is 1. The van der Waals surface area contributed by atoms with Crippen molar-refractivity contribution in [2.45, 2.75) is 38.7 Å². The maximum atomic E-state index is 12.4. The van der Waals surface area contributed by atoms with Crippen molar-refractivity contribution < 1.29 is 19.4 Å². The number of carbonyl (C=O) groups excluding carboxylic acids is 1. The Kier molecular flexibility index (Phi) is 6.07. The molecule has 1 N–H and O–H groups in total. The minimum absolute atomic E-state index is 0.0421. The lowest BCUT2D eigenvalue weighted by atomic mass is 10.1. The normalized spacial score (nSPS) is 14.9. The first-order chi connectivity index (χ1) is 10.7. The SMILES string of the molecule is CCN(CCO)C(=O)c1ccc(OC2CCCC2)c(OC)c1. The zero-order chi connectivity index (χ0) is 15.9. The topological polar surface area (TPSA) is 59.0 Å². The van der Waals surface area contributed by atoms with E-state index in [0.717, 1.165) is 12.8 Å². The lowest BCUT2D eigenvalue weighted by molar-refractivity contribution is 0.0731. The van der Waals surface area contributed by atoms with E-state index in [-0.39, 0.29) is 18.6 Å². The Labute approximate surface area is 131 Å². The molecule has 0 heterocycles. The Hall–Kier alpha value is -1.75. The van der Waals surface area contributed by atoms with E-state index in [4.69, 9.17) is 14.6 Å². The van der Waals surface area contributed by atoms with Gasteiger partial charge < -0.3 is 19.5 Å². The molecule has 1 aromatic rings. The van der Waals surface area contributed by atoms with Crippen LogP contribution in [0.1, 0.15) is 43.0 Å². The fraction of sp³-hybridized carbons (Fsp3) is 0.588. The fourth-order valence-electron chi connectivity index (χ4n) is 2.79. The Morgan fingerprint density at radius 3 is 2.64 bits per heavy atom. The maximum absolute atomic E-state index is 12.4. The number of hydrogen-bond acceptors (Lipinski definition) is 4. The maximum Gasteiger partial charge on any atom is 0.254 e. The number of rotatable bonds is 7. The van der Waals surface area contributed by atoms with Crippen LogP contribution in [0.15, 0.2) is 18.2 Å². The second kappa shape index (κ2) is 8.03. The molecule has 1 fully saturated rings. The van der Waals surface area contributed by atoms with Gasteiger partial charge in [0.05, 0.1) is 19.8 Å². The number of likely N-dealkylation sites (N-methyl/N-ethyl adjacent to an activating group) is 1. The van der Waals surface area contributed by atoms with Gasteiger partial charge in [-0.15, -0.1) is 0 Å². The number of carbonyl (C=O) groups is 1. The summed E-state index contributed by atoms with van der Waals surface area (Å²) in [7, 11) is 1.58. The molecule has 1 aromatic carbocycles. The van der Waals surface area contributed by atoms with Crippen molar-refractivity contribution in [2.75, 3.05) is 26.8 Å². The summed E-state index contributed by atoms with van der Waals surface area (Å²) in [4.78, 5) is 14.0. The predicted octanol–water partition coefficient (Wildman–Crippen LogP) is 2.47. The molecular formula is C17H25NO4. The van der Waals surface area contributed by atoms with Gasteiger partial charge in [-0.2, -0.15) is 0 Å². The van der Waals surface area contributed by atoms with Gasteiger partial charge in [-0.3, -0.25) is 4.79 Å². The molecule has 5 heteroatoms. The Morgan fingerprint density at radius 2 is 2.05 bits per heavy atom. The van der Waals surface area contributed by atoms with Crippen LogP contribution in [-0.4, -0.2) is 48.8 Å². The molecule has 1 saturated carbocycles. The van der Waals surface area contributed by atoms with Crippen molar-refractivity contribution in [1.29, 1.82) is 0 Å². The van der Waals surface area contributed by atoms with Crippen molar-refractivity contribution in [2.24, 2.45) is 0 Å². The van der Waals surface area contributed by atoms with E-state index in [9.17, 15) is 4.79 Å². The van der Waals surface area contributed by atoms with Gasteiger partial charge in [0.15, 0.2) is 11.5 Å². The fourth-order valence-corrected chi connectivity index (χ4v) is 2.79. The number of ether oxygens (including phenoxy) is 2. The second-order valence-electron chi connectivity index (χ2n) is 5.50. The van der Waals surface area contributed by atoms with E-state index in [0.29, 0.717) is 30.2 Å².